The van der Waals surface area contributed by atoms with E-state index >= 15 is 0 Å². The van der Waals surface area contributed by atoms with Crippen LogP contribution in [-0.2, 0) is 9.53 Å². The molecule has 0 saturated heterocycles. The minimum absolute atomic E-state index is 0.0626. The van der Waals surface area contributed by atoms with E-state index in [1.165, 1.54) is 0 Å². The van der Waals surface area contributed by atoms with E-state index in [1.807, 2.05) is 14.0 Å². The number of rotatable bonds is 8. The standard InChI is InChI=1S/C17H34N2O2/c1-7-16(3,4)19(6)13-11-14-10-9-12-17(14,18-5)15(20)21-8-2/h14,18H,7-13H2,1-6H3. The van der Waals surface area contributed by atoms with Crippen molar-refractivity contribution in [2.24, 2.45) is 5.92 Å². The zero-order valence-corrected chi connectivity index (χ0v) is 14.8. The van der Waals surface area contributed by atoms with Crippen LogP contribution in [0.3, 0.4) is 0 Å². The molecule has 21 heavy (non-hydrogen) atoms. The van der Waals surface area contributed by atoms with Crippen LogP contribution in [0.4, 0.5) is 0 Å². The van der Waals surface area contributed by atoms with E-state index in [-0.39, 0.29) is 11.5 Å². The molecule has 0 spiro atoms. The second kappa shape index (κ2) is 7.59. The third-order valence-electron chi connectivity index (χ3n) is 5.62. The van der Waals surface area contributed by atoms with Gasteiger partial charge in [0.2, 0.25) is 0 Å². The van der Waals surface area contributed by atoms with Gasteiger partial charge in [-0.2, -0.15) is 0 Å². The van der Waals surface area contributed by atoms with E-state index in [4.69, 9.17) is 4.74 Å². The molecule has 1 rings (SSSR count). The van der Waals surface area contributed by atoms with E-state index in [0.29, 0.717) is 12.5 Å². The van der Waals surface area contributed by atoms with Crippen LogP contribution in [0.5, 0.6) is 0 Å². The zero-order valence-electron chi connectivity index (χ0n) is 14.8. The van der Waals surface area contributed by atoms with Gasteiger partial charge in [0.05, 0.1) is 6.61 Å². The van der Waals surface area contributed by atoms with Gasteiger partial charge in [-0.3, -0.25) is 4.79 Å². The molecule has 0 aromatic rings. The molecule has 4 nitrogen and oxygen atoms in total. The predicted molar refractivity (Wildman–Crippen MR) is 87.4 cm³/mol. The lowest BCUT2D eigenvalue weighted by molar-refractivity contribution is -0.153. The number of esters is 1. The van der Waals surface area contributed by atoms with Gasteiger partial charge >= 0.3 is 5.97 Å². The Balaban J connectivity index is 2.70. The van der Waals surface area contributed by atoms with Crippen LogP contribution in [0.1, 0.15) is 59.8 Å². The van der Waals surface area contributed by atoms with Gasteiger partial charge in [0.1, 0.15) is 5.54 Å². The average molecular weight is 298 g/mol. The molecule has 1 fully saturated rings. The number of nitrogens with zero attached hydrogens (tertiary/aromatic N) is 1. The van der Waals surface area contributed by atoms with Crippen LogP contribution in [0.25, 0.3) is 0 Å². The first-order valence-electron chi connectivity index (χ1n) is 8.41. The van der Waals surface area contributed by atoms with Crippen molar-refractivity contribution >= 4 is 5.97 Å². The summed E-state index contributed by atoms with van der Waals surface area (Å²) in [4.78, 5) is 14.8. The minimum Gasteiger partial charge on any atom is -0.465 e. The largest absolute Gasteiger partial charge is 0.465 e. The molecule has 0 radical (unpaired) electrons. The van der Waals surface area contributed by atoms with Gasteiger partial charge in [-0.05, 0) is 73.0 Å². The monoisotopic (exact) mass is 298 g/mol. The van der Waals surface area contributed by atoms with Crippen LogP contribution in [0.15, 0.2) is 0 Å². The third kappa shape index (κ3) is 3.98. The van der Waals surface area contributed by atoms with Gasteiger partial charge in [-0.15, -0.1) is 0 Å². The highest BCUT2D eigenvalue weighted by Gasteiger charge is 2.48. The van der Waals surface area contributed by atoms with Gasteiger partial charge in [-0.25, -0.2) is 0 Å². The number of ether oxygens (including phenoxy) is 1. The Morgan fingerprint density at radius 1 is 1.43 bits per heavy atom. The molecular formula is C17H34N2O2. The lowest BCUT2D eigenvalue weighted by Crippen LogP contribution is -2.55. The molecule has 1 aliphatic rings. The van der Waals surface area contributed by atoms with Gasteiger partial charge in [0.25, 0.3) is 0 Å². The summed E-state index contributed by atoms with van der Waals surface area (Å²) in [5, 5.41) is 3.30. The first-order chi connectivity index (χ1) is 9.84. The molecule has 1 aliphatic carbocycles. The summed E-state index contributed by atoms with van der Waals surface area (Å²) in [6.45, 7) is 10.1. The van der Waals surface area contributed by atoms with Gasteiger partial charge < -0.3 is 15.0 Å². The minimum atomic E-state index is -0.465. The highest BCUT2D eigenvalue weighted by atomic mass is 16.5. The van der Waals surface area contributed by atoms with Crippen LogP contribution >= 0.6 is 0 Å². The predicted octanol–water partition coefficient (Wildman–Crippen LogP) is 2.82. The van der Waals surface area contributed by atoms with Crippen LogP contribution < -0.4 is 5.32 Å². The summed E-state index contributed by atoms with van der Waals surface area (Å²) < 4.78 is 5.33. The Morgan fingerprint density at radius 2 is 2.10 bits per heavy atom. The second-order valence-electron chi connectivity index (χ2n) is 6.91. The highest BCUT2D eigenvalue weighted by molar-refractivity contribution is 5.81. The fourth-order valence-corrected chi connectivity index (χ4v) is 3.35. The molecule has 0 amide bonds. The van der Waals surface area contributed by atoms with E-state index in [1.54, 1.807) is 0 Å². The summed E-state index contributed by atoms with van der Waals surface area (Å²) in [6, 6.07) is 0. The molecule has 0 aromatic heterocycles. The van der Waals surface area contributed by atoms with Crippen molar-refractivity contribution in [3.05, 3.63) is 0 Å². The molecule has 2 atom stereocenters. The Bertz CT molecular complexity index is 344. The SMILES string of the molecule is CCOC(=O)C1(NC)CCCC1CCN(C)C(C)(C)CC. The van der Waals surface area contributed by atoms with Crippen molar-refractivity contribution in [2.45, 2.75) is 70.9 Å². The molecular weight excluding hydrogens is 264 g/mol. The van der Waals surface area contributed by atoms with Crippen molar-refractivity contribution in [1.29, 1.82) is 0 Å². The maximum atomic E-state index is 12.4. The normalized spacial score (nSPS) is 26.3. The smallest absolute Gasteiger partial charge is 0.326 e. The molecule has 1 saturated carbocycles. The molecule has 0 aliphatic heterocycles. The Hall–Kier alpha value is -0.610. The summed E-state index contributed by atoms with van der Waals surface area (Å²) in [6.07, 6.45) is 5.28. The number of nitrogens with one attached hydrogen (secondary N) is 1. The third-order valence-corrected chi connectivity index (χ3v) is 5.62. The van der Waals surface area contributed by atoms with E-state index in [0.717, 1.165) is 38.6 Å². The Labute approximate surface area is 130 Å². The molecule has 1 N–H and O–H groups in total. The van der Waals surface area contributed by atoms with E-state index in [2.05, 4.69) is 38.0 Å². The number of hydrogen-bond acceptors (Lipinski definition) is 4. The van der Waals surface area contributed by atoms with E-state index < -0.39 is 5.54 Å². The Kier molecular flexibility index (Phi) is 6.67. The average Bonchev–Trinajstić information content (AvgIpc) is 2.88. The van der Waals surface area contributed by atoms with Crippen molar-refractivity contribution in [1.82, 2.24) is 10.2 Å². The molecule has 4 heteroatoms. The highest BCUT2D eigenvalue weighted by Crippen LogP contribution is 2.39. The van der Waals surface area contributed by atoms with Crippen LogP contribution in [0.2, 0.25) is 0 Å². The topological polar surface area (TPSA) is 41.6 Å². The fraction of sp³-hybridized carbons (Fsp3) is 0.941. The first-order valence-corrected chi connectivity index (χ1v) is 8.41. The molecule has 0 heterocycles. The molecule has 2 unspecified atom stereocenters. The van der Waals surface area contributed by atoms with Gasteiger partial charge in [-0.1, -0.05) is 13.3 Å². The maximum Gasteiger partial charge on any atom is 0.326 e. The van der Waals surface area contributed by atoms with Gasteiger partial charge in [0, 0.05) is 5.54 Å². The van der Waals surface area contributed by atoms with Crippen LogP contribution in [-0.4, -0.2) is 49.2 Å². The lowest BCUT2D eigenvalue weighted by Gasteiger charge is -2.38. The first kappa shape index (κ1) is 18.4. The van der Waals surface area contributed by atoms with Crippen molar-refractivity contribution in [3.8, 4) is 0 Å². The second-order valence-corrected chi connectivity index (χ2v) is 6.91. The molecule has 0 aromatic carbocycles. The number of likely N-dealkylation sites (N-methyl/N-ethyl adjacent to an activating group) is 1. The zero-order chi connectivity index (χ0) is 16.1. The van der Waals surface area contributed by atoms with E-state index in [9.17, 15) is 4.79 Å². The summed E-state index contributed by atoms with van der Waals surface area (Å²) in [5.41, 5.74) is -0.252. The quantitative estimate of drug-likeness (QED) is 0.700. The number of hydrogen-bond donors (Lipinski definition) is 1. The van der Waals surface area contributed by atoms with Gasteiger partial charge in [0.15, 0.2) is 0 Å². The number of carbonyl (C=O) groups is 1. The van der Waals surface area contributed by atoms with Crippen LogP contribution in [0, 0.1) is 5.92 Å². The molecule has 124 valence electrons. The maximum absolute atomic E-state index is 12.4. The lowest BCUT2D eigenvalue weighted by atomic mass is 9.84. The summed E-state index contributed by atoms with van der Waals surface area (Å²) >= 11 is 0. The summed E-state index contributed by atoms with van der Waals surface area (Å²) in [5.74, 6) is 0.309. The fourth-order valence-electron chi connectivity index (χ4n) is 3.35. The van der Waals surface area contributed by atoms with Crippen molar-refractivity contribution < 1.29 is 9.53 Å². The number of carbonyl (C=O) groups excluding carboxylic acids is 1. The summed E-state index contributed by atoms with van der Waals surface area (Å²) in [7, 11) is 4.08. The molecule has 0 bridgehead atoms. The van der Waals surface area contributed by atoms with Crippen molar-refractivity contribution in [3.63, 3.8) is 0 Å². The van der Waals surface area contributed by atoms with Crippen molar-refractivity contribution in [2.75, 3.05) is 27.2 Å². The Morgan fingerprint density at radius 3 is 2.62 bits per heavy atom.